The quantitative estimate of drug-likeness (QED) is 0.0378. The third-order valence-electron chi connectivity index (χ3n) is 13.1. The summed E-state index contributed by atoms with van der Waals surface area (Å²) in [5.41, 5.74) is -0.662. The van der Waals surface area contributed by atoms with Gasteiger partial charge in [-0.2, -0.15) is 17.6 Å². The van der Waals surface area contributed by atoms with E-state index in [-0.39, 0.29) is 47.0 Å². The van der Waals surface area contributed by atoms with Crippen molar-refractivity contribution in [2.45, 2.75) is 58.5 Å². The van der Waals surface area contributed by atoms with E-state index in [0.29, 0.717) is 44.5 Å². The van der Waals surface area contributed by atoms with Crippen molar-refractivity contribution < 1.29 is 57.6 Å². The SMILES string of the molecule is NS(=O)(=O)c1ccc(CC(Cc2ccc(C(F)(F)O[PH](=O)OC(F)(F)c3ccc(CC(Cc4ccc(S(N)(=O)=O)cc4)(C(=O)c4ccccc4)c4ccccc4)cc3)cc2)(C(=O)c2ccccc2)c2ccccc2)cc1. The van der Waals surface area contributed by atoms with Gasteiger partial charge in [0.15, 0.2) is 11.6 Å². The van der Waals surface area contributed by atoms with Crippen LogP contribution in [0.4, 0.5) is 17.6 Å². The van der Waals surface area contributed by atoms with Gasteiger partial charge in [-0.15, -0.1) is 0 Å². The van der Waals surface area contributed by atoms with Gasteiger partial charge in [-0.05, 0) is 83.3 Å². The average molecular weight is 1090 g/mol. The molecule has 8 aromatic carbocycles. The summed E-state index contributed by atoms with van der Waals surface area (Å²) in [4.78, 5) is 29.3. The predicted molar refractivity (Wildman–Crippen MR) is 280 cm³/mol. The second kappa shape index (κ2) is 22.6. The number of sulfonamides is 2. The minimum atomic E-state index is -4.65. The first-order valence-corrected chi connectivity index (χ1v) is 27.8. The Morgan fingerprint density at radius 3 is 0.895 bits per heavy atom. The molecule has 0 aromatic heterocycles. The molecule has 2 unspecified atom stereocenters. The maximum atomic E-state index is 15.8. The largest absolute Gasteiger partial charge is 0.389 e. The van der Waals surface area contributed by atoms with Crippen molar-refractivity contribution >= 4 is 39.9 Å². The minimum Gasteiger partial charge on any atom is -0.293 e. The van der Waals surface area contributed by atoms with Gasteiger partial charge in [0.05, 0.1) is 31.7 Å². The molecule has 0 saturated carbocycles. The van der Waals surface area contributed by atoms with Gasteiger partial charge in [0.2, 0.25) is 20.0 Å². The van der Waals surface area contributed by atoms with Gasteiger partial charge in [-0.1, -0.05) is 194 Å². The number of rotatable bonds is 22. The van der Waals surface area contributed by atoms with Crippen molar-refractivity contribution in [3.05, 3.63) is 274 Å². The van der Waals surface area contributed by atoms with Crippen LogP contribution < -0.4 is 10.3 Å². The summed E-state index contributed by atoms with van der Waals surface area (Å²) in [6.45, 7) is 0. The summed E-state index contributed by atoms with van der Waals surface area (Å²) < 4.78 is 133. The normalized spacial score (nSPS) is 14.2. The molecule has 0 heterocycles. The molecular weight excluding hydrogens is 1040 g/mol. The summed E-state index contributed by atoms with van der Waals surface area (Å²) in [5.74, 6) is -0.630. The molecule has 0 saturated heterocycles. The number of ketones is 2. The molecule has 8 rings (SSSR count). The molecule has 0 fully saturated rings. The van der Waals surface area contributed by atoms with Crippen LogP contribution >= 0.6 is 8.25 Å². The standard InChI is InChI=1S/C58H49F4N2O9PS2/c59-57(60,49-29-21-41(22-30-49)37-55(47-17-9-3-10-18-47,53(65)45-13-5-1-6-14-45)39-43-25-33-51(34-26-43)75(63,68)69)72-74(67)73-58(61,62)50-31-23-42(24-32-50)38-56(48-19-11-4-12-20-48,54(66)46-15-7-2-8-16-46)40-44-27-35-52(36-28-44)76(64,70)71/h1-36,74H,37-40H2,(H2,63,68,69)(H2,64,70,71). The topological polar surface area (TPSA) is 190 Å². The second-order valence-electron chi connectivity index (χ2n) is 18.3. The average Bonchev–Trinajstić information content (AvgIpc) is 3.41. The number of carbonyl (C=O) groups excluding carboxylic acids is 2. The number of benzene rings is 8. The Kier molecular flexibility index (Phi) is 16.3. The predicted octanol–water partition coefficient (Wildman–Crippen LogP) is 11.4. The lowest BCUT2D eigenvalue weighted by molar-refractivity contribution is -0.220. The third-order valence-corrected chi connectivity index (χ3v) is 15.8. The fourth-order valence-electron chi connectivity index (χ4n) is 9.33. The van der Waals surface area contributed by atoms with Crippen molar-refractivity contribution in [2.24, 2.45) is 10.3 Å². The fourth-order valence-corrected chi connectivity index (χ4v) is 11.1. The van der Waals surface area contributed by atoms with Crippen LogP contribution in [-0.4, -0.2) is 28.4 Å². The lowest BCUT2D eigenvalue weighted by atomic mass is 9.67. The van der Waals surface area contributed by atoms with Crippen molar-refractivity contribution in [3.63, 3.8) is 0 Å². The van der Waals surface area contributed by atoms with E-state index in [2.05, 4.69) is 9.05 Å². The highest BCUT2D eigenvalue weighted by Crippen LogP contribution is 2.47. The molecular formula is C58H49F4N2O9PS2. The van der Waals surface area contributed by atoms with E-state index < -0.39 is 62.5 Å². The maximum Gasteiger partial charge on any atom is 0.389 e. The lowest BCUT2D eigenvalue weighted by Crippen LogP contribution is -2.40. The van der Waals surface area contributed by atoms with E-state index in [1.807, 2.05) is 0 Å². The second-order valence-corrected chi connectivity index (χ2v) is 22.3. The molecule has 390 valence electrons. The molecule has 18 heteroatoms. The first kappa shape index (κ1) is 55.0. The molecule has 0 radical (unpaired) electrons. The Hall–Kier alpha value is -7.21. The van der Waals surface area contributed by atoms with Crippen molar-refractivity contribution in [1.29, 1.82) is 0 Å². The highest BCUT2D eigenvalue weighted by molar-refractivity contribution is 7.89. The van der Waals surface area contributed by atoms with E-state index in [4.69, 9.17) is 10.3 Å². The first-order chi connectivity index (χ1) is 36.1. The van der Waals surface area contributed by atoms with Crippen LogP contribution in [0.5, 0.6) is 0 Å². The highest BCUT2D eigenvalue weighted by atomic mass is 32.2. The number of nitrogens with two attached hydrogens (primary N) is 2. The smallest absolute Gasteiger partial charge is 0.293 e. The van der Waals surface area contributed by atoms with E-state index in [1.165, 1.54) is 48.5 Å². The molecule has 76 heavy (non-hydrogen) atoms. The maximum absolute atomic E-state index is 15.8. The Morgan fingerprint density at radius 1 is 0.382 bits per heavy atom. The first-order valence-electron chi connectivity index (χ1n) is 23.5. The molecule has 8 aromatic rings. The molecule has 0 spiro atoms. The Labute approximate surface area is 438 Å². The third kappa shape index (κ3) is 12.7. The van der Waals surface area contributed by atoms with Gasteiger partial charge in [0, 0.05) is 11.1 Å². The van der Waals surface area contributed by atoms with Gasteiger partial charge < -0.3 is 0 Å². The number of hydrogen-bond acceptors (Lipinski definition) is 9. The zero-order valence-corrected chi connectivity index (χ0v) is 42.9. The van der Waals surface area contributed by atoms with Crippen LogP contribution in [0.25, 0.3) is 0 Å². The van der Waals surface area contributed by atoms with Crippen molar-refractivity contribution in [3.8, 4) is 0 Å². The van der Waals surface area contributed by atoms with Crippen LogP contribution in [0.1, 0.15) is 65.2 Å². The lowest BCUT2D eigenvalue weighted by Gasteiger charge is -2.34. The zero-order valence-electron chi connectivity index (χ0n) is 40.3. The molecule has 0 aliphatic heterocycles. The Balaban J connectivity index is 1.02. The summed E-state index contributed by atoms with van der Waals surface area (Å²) >= 11 is 0. The van der Waals surface area contributed by atoms with Crippen LogP contribution in [0.3, 0.4) is 0 Å². The van der Waals surface area contributed by atoms with E-state index in [1.54, 1.807) is 146 Å². The van der Waals surface area contributed by atoms with Crippen LogP contribution in [0, 0.1) is 0 Å². The minimum absolute atomic E-state index is 0.0391. The van der Waals surface area contributed by atoms with Gasteiger partial charge in [0.1, 0.15) is 0 Å². The Bertz CT molecular complexity index is 3330. The van der Waals surface area contributed by atoms with Crippen LogP contribution in [0.2, 0.25) is 0 Å². The highest BCUT2D eigenvalue weighted by Gasteiger charge is 2.45. The number of hydrogen-bond donors (Lipinski definition) is 2. The molecule has 0 aliphatic carbocycles. The van der Waals surface area contributed by atoms with E-state index in [0.717, 1.165) is 24.3 Å². The van der Waals surface area contributed by atoms with Crippen molar-refractivity contribution in [1.82, 2.24) is 0 Å². The molecule has 2 atom stereocenters. The van der Waals surface area contributed by atoms with Crippen LogP contribution in [0.15, 0.2) is 228 Å². The fraction of sp³-hybridized carbons (Fsp3) is 0.138. The molecule has 0 bridgehead atoms. The molecule has 4 N–H and O–H groups in total. The zero-order chi connectivity index (χ0) is 54.4. The number of alkyl halides is 4. The number of primary sulfonamides is 2. The molecule has 11 nitrogen and oxygen atoms in total. The van der Waals surface area contributed by atoms with Gasteiger partial charge >= 0.3 is 20.5 Å². The molecule has 0 aliphatic rings. The van der Waals surface area contributed by atoms with E-state index >= 15 is 17.6 Å². The number of carbonyl (C=O) groups is 2. The van der Waals surface area contributed by atoms with Crippen molar-refractivity contribution in [2.75, 3.05) is 0 Å². The summed E-state index contributed by atoms with van der Waals surface area (Å²) in [6.07, 6.45) is -8.82. The van der Waals surface area contributed by atoms with E-state index in [9.17, 15) is 31.0 Å². The summed E-state index contributed by atoms with van der Waals surface area (Å²) in [7, 11) is -12.7. The van der Waals surface area contributed by atoms with Crippen LogP contribution in [-0.2, 0) is 82.4 Å². The van der Waals surface area contributed by atoms with Gasteiger partial charge in [-0.25, -0.2) is 36.2 Å². The summed E-state index contributed by atoms with van der Waals surface area (Å²) in [5, 5.41) is 10.7. The molecule has 0 amide bonds. The number of halogens is 4. The van der Waals surface area contributed by atoms with Gasteiger partial charge in [-0.3, -0.25) is 14.2 Å². The number of Topliss-reactive ketones (excluding diaryl/α,β-unsaturated/α-hetero) is 2. The summed E-state index contributed by atoms with van der Waals surface area (Å²) in [6, 6.07) is 55.0. The monoisotopic (exact) mass is 1090 g/mol. The van der Waals surface area contributed by atoms with Gasteiger partial charge in [0.25, 0.3) is 0 Å². The Morgan fingerprint density at radius 2 is 0.632 bits per heavy atom.